The molecule has 5 heteroatoms. The van der Waals surface area contributed by atoms with Gasteiger partial charge >= 0.3 is 0 Å². The van der Waals surface area contributed by atoms with Gasteiger partial charge in [-0.15, -0.1) is 0 Å². The normalized spacial score (nSPS) is 23.4. The van der Waals surface area contributed by atoms with Crippen molar-refractivity contribution in [3.8, 4) is 11.3 Å². The second-order valence-electron chi connectivity index (χ2n) is 11.7. The van der Waals surface area contributed by atoms with Gasteiger partial charge in [0.05, 0.1) is 12.2 Å². The molecule has 0 saturated heterocycles. The number of benzene rings is 2. The first-order valence-electron chi connectivity index (χ1n) is 12.9. The Bertz CT molecular complexity index is 1320. The molecule has 0 aliphatic heterocycles. The number of amides is 1. The van der Waals surface area contributed by atoms with Crippen molar-refractivity contribution in [2.45, 2.75) is 59.9 Å². The number of carbonyl (C=O) groups excluding carboxylic acids is 1. The predicted molar refractivity (Wildman–Crippen MR) is 141 cm³/mol. The van der Waals surface area contributed by atoms with Crippen LogP contribution in [0.15, 0.2) is 36.4 Å². The molecule has 3 aromatic rings. The number of fused-ring (bicyclic) bond motifs is 5. The Labute approximate surface area is 213 Å². The highest BCUT2D eigenvalue weighted by molar-refractivity contribution is 6.31. The van der Waals surface area contributed by atoms with Crippen molar-refractivity contribution in [3.05, 3.63) is 74.9 Å². The SMILES string of the molecule is Cc1ccc(Cn2nc(C(=O)NCC3CCC4CC3C4(C)C)c3c2-c2cc(Cl)c(C)cc2C3)cc1. The van der Waals surface area contributed by atoms with Gasteiger partial charge in [-0.3, -0.25) is 9.48 Å². The van der Waals surface area contributed by atoms with Crippen LogP contribution in [-0.2, 0) is 13.0 Å². The van der Waals surface area contributed by atoms with Gasteiger partial charge in [0.15, 0.2) is 5.69 Å². The number of rotatable bonds is 5. The van der Waals surface area contributed by atoms with Crippen molar-refractivity contribution in [1.29, 1.82) is 0 Å². The van der Waals surface area contributed by atoms with Crippen LogP contribution >= 0.6 is 11.6 Å². The molecule has 3 unspecified atom stereocenters. The number of hydrogen-bond acceptors (Lipinski definition) is 2. The maximum atomic E-state index is 13.5. The highest BCUT2D eigenvalue weighted by atomic mass is 35.5. The van der Waals surface area contributed by atoms with E-state index in [0.717, 1.165) is 52.2 Å². The summed E-state index contributed by atoms with van der Waals surface area (Å²) in [6.07, 6.45) is 4.56. The van der Waals surface area contributed by atoms with Crippen LogP contribution in [0, 0.1) is 37.0 Å². The molecular weight excluding hydrogens is 454 g/mol. The number of hydrogen-bond donors (Lipinski definition) is 1. The molecule has 4 aliphatic rings. The van der Waals surface area contributed by atoms with Crippen LogP contribution in [0.4, 0.5) is 0 Å². The average Bonchev–Trinajstić information content (AvgIpc) is 3.36. The first kappa shape index (κ1) is 22.8. The smallest absolute Gasteiger partial charge is 0.272 e. The number of aromatic nitrogens is 2. The summed E-state index contributed by atoms with van der Waals surface area (Å²) in [6.45, 7) is 10.3. The van der Waals surface area contributed by atoms with Crippen molar-refractivity contribution >= 4 is 17.5 Å². The Morgan fingerprint density at radius 2 is 1.94 bits per heavy atom. The Hall–Kier alpha value is -2.59. The van der Waals surface area contributed by atoms with Crippen molar-refractivity contribution in [2.75, 3.05) is 6.54 Å². The lowest BCUT2D eigenvalue weighted by Crippen LogP contribution is -2.54. The van der Waals surface area contributed by atoms with E-state index in [-0.39, 0.29) is 5.91 Å². The molecule has 4 nitrogen and oxygen atoms in total. The summed E-state index contributed by atoms with van der Waals surface area (Å²) in [7, 11) is 0. The van der Waals surface area contributed by atoms with Crippen LogP contribution < -0.4 is 5.32 Å². The molecule has 3 saturated carbocycles. The van der Waals surface area contributed by atoms with Gasteiger partial charge in [0.25, 0.3) is 5.91 Å². The lowest BCUT2D eigenvalue weighted by molar-refractivity contribution is -0.103. The minimum Gasteiger partial charge on any atom is -0.350 e. The summed E-state index contributed by atoms with van der Waals surface area (Å²) in [5.74, 6) is 2.12. The molecule has 2 bridgehead atoms. The zero-order chi connectivity index (χ0) is 24.5. The van der Waals surface area contributed by atoms with Crippen molar-refractivity contribution in [3.63, 3.8) is 0 Å². The lowest BCUT2D eigenvalue weighted by Gasteiger charge is -2.60. The number of carbonyl (C=O) groups is 1. The molecule has 1 N–H and O–H groups in total. The van der Waals surface area contributed by atoms with Gasteiger partial charge in [-0.1, -0.05) is 61.3 Å². The molecule has 1 amide bonds. The maximum Gasteiger partial charge on any atom is 0.272 e. The van der Waals surface area contributed by atoms with E-state index in [1.807, 2.05) is 17.7 Å². The summed E-state index contributed by atoms with van der Waals surface area (Å²) in [5, 5.41) is 8.92. The van der Waals surface area contributed by atoms with Gasteiger partial charge in [-0.05, 0) is 79.0 Å². The zero-order valence-electron chi connectivity index (χ0n) is 21.1. The molecule has 1 aromatic heterocycles. The molecule has 182 valence electrons. The average molecular weight is 488 g/mol. The van der Waals surface area contributed by atoms with Crippen LogP contribution in [0.5, 0.6) is 0 Å². The highest BCUT2D eigenvalue weighted by Crippen LogP contribution is 2.61. The predicted octanol–water partition coefficient (Wildman–Crippen LogP) is 6.57. The van der Waals surface area contributed by atoms with Gasteiger partial charge in [0, 0.05) is 29.1 Å². The van der Waals surface area contributed by atoms with E-state index in [1.54, 1.807) is 0 Å². The third-order valence-electron chi connectivity index (χ3n) is 9.25. The van der Waals surface area contributed by atoms with E-state index in [9.17, 15) is 4.79 Å². The van der Waals surface area contributed by atoms with Crippen LogP contribution in [0.1, 0.15) is 71.4 Å². The summed E-state index contributed by atoms with van der Waals surface area (Å²) in [6, 6.07) is 12.7. The molecular formula is C30H34ClN3O. The van der Waals surface area contributed by atoms with E-state index in [1.165, 1.54) is 36.0 Å². The topological polar surface area (TPSA) is 46.9 Å². The fraction of sp³-hybridized carbons (Fsp3) is 0.467. The molecule has 1 heterocycles. The molecule has 0 spiro atoms. The number of nitrogens with one attached hydrogen (secondary N) is 1. The van der Waals surface area contributed by atoms with Gasteiger partial charge in [-0.25, -0.2) is 0 Å². The molecule has 35 heavy (non-hydrogen) atoms. The number of nitrogens with zero attached hydrogens (tertiary/aromatic N) is 2. The first-order valence-corrected chi connectivity index (χ1v) is 13.3. The van der Waals surface area contributed by atoms with Gasteiger partial charge in [-0.2, -0.15) is 5.10 Å². The highest BCUT2D eigenvalue weighted by Gasteiger charge is 2.54. The molecule has 2 aromatic carbocycles. The van der Waals surface area contributed by atoms with Crippen LogP contribution in [0.3, 0.4) is 0 Å². The first-order chi connectivity index (χ1) is 16.7. The Kier molecular flexibility index (Phi) is 5.37. The van der Waals surface area contributed by atoms with E-state index in [4.69, 9.17) is 16.7 Å². The van der Waals surface area contributed by atoms with Crippen molar-refractivity contribution < 1.29 is 4.79 Å². The van der Waals surface area contributed by atoms with Gasteiger partial charge < -0.3 is 5.32 Å². The van der Waals surface area contributed by atoms with E-state index in [2.05, 4.69) is 56.4 Å². The molecule has 7 rings (SSSR count). The lowest BCUT2D eigenvalue weighted by atomic mass is 9.45. The maximum absolute atomic E-state index is 13.5. The molecule has 3 atom stereocenters. The van der Waals surface area contributed by atoms with E-state index in [0.29, 0.717) is 23.6 Å². The quantitative estimate of drug-likeness (QED) is 0.346. The summed E-state index contributed by atoms with van der Waals surface area (Å²) in [4.78, 5) is 13.5. The van der Waals surface area contributed by atoms with Crippen LogP contribution in [0.2, 0.25) is 5.02 Å². The third-order valence-corrected chi connectivity index (χ3v) is 9.66. The van der Waals surface area contributed by atoms with Crippen LogP contribution in [0.25, 0.3) is 11.3 Å². The summed E-state index contributed by atoms with van der Waals surface area (Å²) in [5.41, 5.74) is 8.84. The molecule has 3 fully saturated rings. The van der Waals surface area contributed by atoms with E-state index >= 15 is 0 Å². The second-order valence-corrected chi connectivity index (χ2v) is 12.1. The van der Waals surface area contributed by atoms with Crippen LogP contribution in [-0.4, -0.2) is 22.2 Å². The van der Waals surface area contributed by atoms with Crippen molar-refractivity contribution in [2.24, 2.45) is 23.2 Å². The monoisotopic (exact) mass is 487 g/mol. The fourth-order valence-corrected chi connectivity index (χ4v) is 7.11. The van der Waals surface area contributed by atoms with Crippen molar-refractivity contribution in [1.82, 2.24) is 15.1 Å². The zero-order valence-corrected chi connectivity index (χ0v) is 21.9. The Morgan fingerprint density at radius 3 is 2.66 bits per heavy atom. The molecule has 0 radical (unpaired) electrons. The Morgan fingerprint density at radius 1 is 1.17 bits per heavy atom. The minimum absolute atomic E-state index is 0.0428. The second kappa shape index (κ2) is 8.23. The third kappa shape index (κ3) is 3.72. The van der Waals surface area contributed by atoms with Gasteiger partial charge in [0.1, 0.15) is 0 Å². The minimum atomic E-state index is -0.0428. The number of halogens is 1. The number of aryl methyl sites for hydroxylation is 2. The van der Waals surface area contributed by atoms with E-state index < -0.39 is 0 Å². The summed E-state index contributed by atoms with van der Waals surface area (Å²) >= 11 is 6.53. The van der Waals surface area contributed by atoms with Gasteiger partial charge in [0.2, 0.25) is 0 Å². The Balaban J connectivity index is 1.30. The summed E-state index contributed by atoms with van der Waals surface area (Å²) < 4.78 is 2.01. The fourth-order valence-electron chi connectivity index (χ4n) is 6.94. The molecule has 4 aliphatic carbocycles. The largest absolute Gasteiger partial charge is 0.350 e. The standard InChI is InChI=1S/C30H34ClN3O/c1-17-5-7-19(8-6-17)16-34-28-23-14-26(31)18(2)11-21(23)12-24(28)27(33-34)29(35)32-15-20-9-10-22-13-25(20)30(22,3)4/h5-8,11,14,20,22,25H,9-10,12-13,15-16H2,1-4H3,(H,32,35).